The lowest BCUT2D eigenvalue weighted by Gasteiger charge is -2.38. The van der Waals surface area contributed by atoms with Crippen molar-refractivity contribution in [2.45, 2.75) is 25.4 Å². The largest absolute Gasteiger partial charge is 0.382 e. The predicted molar refractivity (Wildman–Crippen MR) is 78.4 cm³/mol. The van der Waals surface area contributed by atoms with E-state index in [-0.39, 0.29) is 0 Å². The molecular weight excluding hydrogens is 322 g/mol. The predicted octanol–water partition coefficient (Wildman–Crippen LogP) is 1.76. The van der Waals surface area contributed by atoms with Gasteiger partial charge in [-0.1, -0.05) is 0 Å². The number of nitrogens with one attached hydrogen (secondary N) is 1. The minimum Gasteiger partial charge on any atom is -0.382 e. The van der Waals surface area contributed by atoms with Gasteiger partial charge in [-0.25, -0.2) is 4.98 Å². The number of halogens is 1. The van der Waals surface area contributed by atoms with Crippen LogP contribution in [0.1, 0.15) is 24.1 Å². The molecule has 1 aliphatic heterocycles. The molecule has 1 unspecified atom stereocenters. The first kappa shape index (κ1) is 13.5. The lowest BCUT2D eigenvalue weighted by Crippen LogP contribution is -2.46. The Morgan fingerprint density at radius 1 is 1.45 bits per heavy atom. The molecule has 0 aliphatic carbocycles. The number of pyridine rings is 1. The fraction of sp³-hybridized carbons (Fsp3) is 0.462. The van der Waals surface area contributed by atoms with E-state index in [1.54, 1.807) is 6.20 Å². The third kappa shape index (κ3) is 2.43. The van der Waals surface area contributed by atoms with E-state index in [4.69, 9.17) is 0 Å². The molecule has 0 amide bonds. The quantitative estimate of drug-likeness (QED) is 0.872. The van der Waals surface area contributed by atoms with Crippen LogP contribution in [-0.4, -0.2) is 38.6 Å². The molecule has 1 saturated heterocycles. The van der Waals surface area contributed by atoms with Crippen LogP contribution in [0.5, 0.6) is 0 Å². The molecule has 3 rings (SSSR count). The van der Waals surface area contributed by atoms with Crippen molar-refractivity contribution in [2.24, 2.45) is 0 Å². The summed E-state index contributed by atoms with van der Waals surface area (Å²) in [6.45, 7) is 3.34. The number of rotatable bonds is 2. The van der Waals surface area contributed by atoms with Crippen molar-refractivity contribution >= 4 is 21.7 Å². The van der Waals surface area contributed by atoms with E-state index in [1.807, 2.05) is 19.2 Å². The van der Waals surface area contributed by atoms with Crippen molar-refractivity contribution in [1.29, 1.82) is 0 Å². The molecule has 2 aromatic rings. The monoisotopic (exact) mass is 337 g/mol. The number of β-amino-alcohol motifs (C(OH)–C–C–N with tert-alkyl or cyclic N) is 1. The van der Waals surface area contributed by atoms with Gasteiger partial charge in [0.05, 0.1) is 17.2 Å². The number of aryl methyl sites for hydroxylation is 1. The normalized spacial score (nSPS) is 23.1. The average Bonchev–Trinajstić information content (AvgIpc) is 2.93. The lowest BCUT2D eigenvalue weighted by atomic mass is 9.90. The molecule has 1 fully saturated rings. The highest BCUT2D eigenvalue weighted by atomic mass is 79.9. The SMILES string of the molecule is Cc1cnc(N2CCCC(O)(c3cn[nH]n3)C2)c(Br)c1. The van der Waals surface area contributed by atoms with Crippen LogP contribution in [0.2, 0.25) is 0 Å². The summed E-state index contributed by atoms with van der Waals surface area (Å²) in [5.74, 6) is 0.859. The lowest BCUT2D eigenvalue weighted by molar-refractivity contribution is 0.0174. The number of piperidine rings is 1. The molecule has 0 spiro atoms. The number of aliphatic hydroxyl groups is 1. The van der Waals surface area contributed by atoms with Crippen molar-refractivity contribution in [2.75, 3.05) is 18.0 Å². The zero-order valence-corrected chi connectivity index (χ0v) is 12.8. The first-order chi connectivity index (χ1) is 9.58. The Morgan fingerprint density at radius 3 is 3.00 bits per heavy atom. The molecule has 7 heteroatoms. The van der Waals surface area contributed by atoms with Gasteiger partial charge in [0.1, 0.15) is 17.1 Å². The first-order valence-corrected chi connectivity index (χ1v) is 7.33. The van der Waals surface area contributed by atoms with Gasteiger partial charge in [-0.15, -0.1) is 0 Å². The second-order valence-corrected chi connectivity index (χ2v) is 6.08. The molecule has 2 N–H and O–H groups in total. The molecule has 0 saturated carbocycles. The van der Waals surface area contributed by atoms with E-state index < -0.39 is 5.60 Å². The maximum absolute atomic E-state index is 10.8. The third-order valence-corrected chi connectivity index (χ3v) is 4.20. The van der Waals surface area contributed by atoms with Gasteiger partial charge in [0.2, 0.25) is 0 Å². The van der Waals surface area contributed by atoms with Crippen molar-refractivity contribution in [1.82, 2.24) is 20.4 Å². The van der Waals surface area contributed by atoms with E-state index in [0.29, 0.717) is 18.7 Å². The summed E-state index contributed by atoms with van der Waals surface area (Å²) >= 11 is 3.55. The summed E-state index contributed by atoms with van der Waals surface area (Å²) in [5.41, 5.74) is 0.715. The summed E-state index contributed by atoms with van der Waals surface area (Å²) in [6.07, 6.45) is 4.98. The Kier molecular flexibility index (Phi) is 3.47. The second kappa shape index (κ2) is 5.14. The first-order valence-electron chi connectivity index (χ1n) is 6.54. The molecule has 1 aliphatic rings. The Morgan fingerprint density at radius 2 is 2.30 bits per heavy atom. The van der Waals surface area contributed by atoms with Gasteiger partial charge in [0.15, 0.2) is 0 Å². The molecule has 20 heavy (non-hydrogen) atoms. The zero-order valence-electron chi connectivity index (χ0n) is 11.2. The maximum atomic E-state index is 10.8. The Balaban J connectivity index is 1.88. The van der Waals surface area contributed by atoms with Crippen LogP contribution in [0.3, 0.4) is 0 Å². The number of aromatic nitrogens is 4. The number of hydrogen-bond donors (Lipinski definition) is 2. The standard InChI is InChI=1S/C13H16BrN5O/c1-9-5-10(14)12(15-6-9)19-4-2-3-13(20,8-19)11-7-16-18-17-11/h5-7,20H,2-4,8H2,1H3,(H,16,17,18). The van der Waals surface area contributed by atoms with Crippen LogP contribution < -0.4 is 4.90 Å². The van der Waals surface area contributed by atoms with Crippen molar-refractivity contribution in [3.05, 3.63) is 34.2 Å². The summed E-state index contributed by atoms with van der Waals surface area (Å²) in [4.78, 5) is 6.56. The number of aromatic amines is 1. The fourth-order valence-electron chi connectivity index (χ4n) is 2.61. The van der Waals surface area contributed by atoms with Gasteiger partial charge >= 0.3 is 0 Å². The Bertz CT molecular complexity index is 603. The van der Waals surface area contributed by atoms with Crippen LogP contribution in [0, 0.1) is 6.92 Å². The number of H-pyrrole nitrogens is 1. The van der Waals surface area contributed by atoms with Crippen molar-refractivity contribution < 1.29 is 5.11 Å². The molecule has 106 valence electrons. The molecule has 0 aromatic carbocycles. The van der Waals surface area contributed by atoms with Crippen LogP contribution in [0.25, 0.3) is 0 Å². The summed E-state index contributed by atoms with van der Waals surface area (Å²) < 4.78 is 0.946. The van der Waals surface area contributed by atoms with Crippen LogP contribution in [-0.2, 0) is 5.60 Å². The van der Waals surface area contributed by atoms with Crippen molar-refractivity contribution in [3.63, 3.8) is 0 Å². The highest BCUT2D eigenvalue weighted by Gasteiger charge is 2.38. The van der Waals surface area contributed by atoms with E-state index >= 15 is 0 Å². The molecule has 1 atom stereocenters. The Labute approximate surface area is 125 Å². The molecule has 3 heterocycles. The number of anilines is 1. The van der Waals surface area contributed by atoms with E-state index in [0.717, 1.165) is 28.8 Å². The molecular formula is C13H16BrN5O. The summed E-state index contributed by atoms with van der Waals surface area (Å²) in [6, 6.07) is 2.03. The van der Waals surface area contributed by atoms with Gasteiger partial charge < -0.3 is 10.0 Å². The average molecular weight is 338 g/mol. The highest BCUT2D eigenvalue weighted by Crippen LogP contribution is 2.34. The third-order valence-electron chi connectivity index (χ3n) is 3.62. The van der Waals surface area contributed by atoms with E-state index in [2.05, 4.69) is 41.2 Å². The minimum atomic E-state index is -0.975. The van der Waals surface area contributed by atoms with Gasteiger partial charge in [0, 0.05) is 12.7 Å². The highest BCUT2D eigenvalue weighted by molar-refractivity contribution is 9.10. The van der Waals surface area contributed by atoms with E-state index in [1.165, 1.54) is 0 Å². The van der Waals surface area contributed by atoms with Gasteiger partial charge in [-0.05, 0) is 47.3 Å². The van der Waals surface area contributed by atoms with Crippen LogP contribution in [0.4, 0.5) is 5.82 Å². The van der Waals surface area contributed by atoms with E-state index in [9.17, 15) is 5.11 Å². The molecule has 2 aromatic heterocycles. The van der Waals surface area contributed by atoms with Gasteiger partial charge in [0.25, 0.3) is 0 Å². The van der Waals surface area contributed by atoms with Crippen molar-refractivity contribution in [3.8, 4) is 0 Å². The fourth-order valence-corrected chi connectivity index (χ4v) is 3.33. The smallest absolute Gasteiger partial charge is 0.142 e. The van der Waals surface area contributed by atoms with Gasteiger partial charge in [-0.2, -0.15) is 15.4 Å². The topological polar surface area (TPSA) is 77.9 Å². The van der Waals surface area contributed by atoms with Crippen LogP contribution in [0.15, 0.2) is 22.9 Å². The molecule has 6 nitrogen and oxygen atoms in total. The number of hydrogen-bond acceptors (Lipinski definition) is 5. The molecule has 0 radical (unpaired) electrons. The molecule has 0 bridgehead atoms. The summed E-state index contributed by atoms with van der Waals surface area (Å²) in [5, 5.41) is 21.2. The van der Waals surface area contributed by atoms with Gasteiger partial charge in [-0.3, -0.25) is 0 Å². The zero-order chi connectivity index (χ0) is 14.2. The Hall–Kier alpha value is -1.47. The van der Waals surface area contributed by atoms with Crippen LogP contribution >= 0.6 is 15.9 Å². The minimum absolute atomic E-state index is 0.466. The number of nitrogens with zero attached hydrogens (tertiary/aromatic N) is 4. The second-order valence-electron chi connectivity index (χ2n) is 5.23. The maximum Gasteiger partial charge on any atom is 0.142 e. The summed E-state index contributed by atoms with van der Waals surface area (Å²) in [7, 11) is 0.